The van der Waals surface area contributed by atoms with E-state index in [0.717, 1.165) is 0 Å². The molecule has 0 spiro atoms. The van der Waals surface area contributed by atoms with Crippen molar-refractivity contribution in [2.75, 3.05) is 6.61 Å². The van der Waals surface area contributed by atoms with E-state index in [1.165, 1.54) is 17.0 Å². The second-order valence-electron chi connectivity index (χ2n) is 8.29. The fourth-order valence-corrected chi connectivity index (χ4v) is 3.87. The Bertz CT molecular complexity index is 1380. The van der Waals surface area contributed by atoms with Gasteiger partial charge in [-0.15, -0.1) is 0 Å². The van der Waals surface area contributed by atoms with Crippen molar-refractivity contribution in [2.45, 2.75) is 31.3 Å². The van der Waals surface area contributed by atoms with E-state index in [2.05, 4.69) is 10.3 Å². The lowest BCUT2D eigenvalue weighted by molar-refractivity contribution is -0.0459. The van der Waals surface area contributed by atoms with E-state index < -0.39 is 42.2 Å². The zero-order valence-corrected chi connectivity index (χ0v) is 19.2. The number of carbonyl (C=O) groups is 2. The molecule has 1 aliphatic heterocycles. The molecule has 1 aromatic heterocycles. The number of nitrogens with one attached hydrogen (secondary N) is 2. The van der Waals surface area contributed by atoms with Crippen LogP contribution in [0.3, 0.4) is 0 Å². The number of ketones is 1. The minimum Gasteiger partial charge on any atom is -0.394 e. The average molecular weight is 492 g/mol. The summed E-state index contributed by atoms with van der Waals surface area (Å²) in [6, 6.07) is 15.1. The molecule has 10 nitrogen and oxygen atoms in total. The molecule has 2 aromatic carbocycles. The predicted octanol–water partition coefficient (Wildman–Crippen LogP) is 0.894. The smallest absolute Gasteiger partial charge is 0.330 e. The molecule has 2 heterocycles. The van der Waals surface area contributed by atoms with E-state index in [0.29, 0.717) is 16.7 Å². The number of H-pyrrole nitrogens is 1. The number of rotatable bonds is 8. The normalized spacial score (nSPS) is 19.4. The lowest BCUT2D eigenvalue weighted by Gasteiger charge is -2.15. The first-order valence-corrected chi connectivity index (χ1v) is 11.3. The van der Waals surface area contributed by atoms with Crippen LogP contribution in [-0.2, 0) is 11.2 Å². The molecule has 4 N–H and O–H groups in total. The Labute approximate surface area is 205 Å². The summed E-state index contributed by atoms with van der Waals surface area (Å²) in [7, 11) is 0. The Balaban J connectivity index is 1.37. The topological polar surface area (TPSA) is 151 Å². The van der Waals surface area contributed by atoms with Gasteiger partial charge >= 0.3 is 5.69 Å². The standard InChI is InChI=1S/C26H25N3O7/c30-15-21-20(31)13-22(36-21)29-14-19(25(34)28-26(29)35)7-4-12-27-24(33)18-10-8-17(9-11-18)23(32)16-5-2-1-3-6-16/h1-6,8-12,14,20-22,30-31H,7,13,15H2,(H,27,33)(H,28,34,35)/t20-,21+,22+/m0/s1. The van der Waals surface area contributed by atoms with Gasteiger partial charge in [0.2, 0.25) is 0 Å². The number of carbonyl (C=O) groups excluding carboxylic acids is 2. The second-order valence-corrected chi connectivity index (χ2v) is 8.29. The lowest BCUT2D eigenvalue weighted by Crippen LogP contribution is -2.34. The van der Waals surface area contributed by atoms with Gasteiger partial charge in [0.05, 0.1) is 12.7 Å². The third-order valence-corrected chi connectivity index (χ3v) is 5.85. The zero-order chi connectivity index (χ0) is 25.7. The van der Waals surface area contributed by atoms with Crippen molar-refractivity contribution in [3.63, 3.8) is 0 Å². The van der Waals surface area contributed by atoms with Gasteiger partial charge in [0.15, 0.2) is 5.78 Å². The van der Waals surface area contributed by atoms with Gasteiger partial charge in [-0.2, -0.15) is 0 Å². The molecule has 1 saturated heterocycles. The van der Waals surface area contributed by atoms with Gasteiger partial charge in [0.25, 0.3) is 11.5 Å². The van der Waals surface area contributed by atoms with Crippen molar-refractivity contribution in [1.29, 1.82) is 0 Å². The minimum atomic E-state index is -0.928. The van der Waals surface area contributed by atoms with Crippen molar-refractivity contribution in [2.24, 2.45) is 0 Å². The maximum atomic E-state index is 12.5. The molecule has 3 aromatic rings. The molecule has 186 valence electrons. The van der Waals surface area contributed by atoms with Crippen molar-refractivity contribution in [3.05, 3.63) is 116 Å². The number of benzene rings is 2. The number of aliphatic hydroxyl groups is 2. The van der Waals surface area contributed by atoms with Crippen LogP contribution in [0.5, 0.6) is 0 Å². The summed E-state index contributed by atoms with van der Waals surface area (Å²) in [5.74, 6) is -0.536. The highest BCUT2D eigenvalue weighted by Gasteiger charge is 2.35. The Kier molecular flexibility index (Phi) is 7.69. The van der Waals surface area contributed by atoms with Crippen LogP contribution in [0.4, 0.5) is 0 Å². The molecule has 1 amide bonds. The highest BCUT2D eigenvalue weighted by Crippen LogP contribution is 2.27. The van der Waals surface area contributed by atoms with Gasteiger partial charge in [-0.05, 0) is 18.6 Å². The first-order chi connectivity index (χ1) is 17.4. The lowest BCUT2D eigenvalue weighted by atomic mass is 10.0. The third kappa shape index (κ3) is 5.57. The van der Waals surface area contributed by atoms with E-state index in [1.807, 2.05) is 6.07 Å². The summed E-state index contributed by atoms with van der Waals surface area (Å²) in [6.45, 7) is -0.392. The number of aromatic nitrogens is 2. The Morgan fingerprint density at radius 3 is 2.39 bits per heavy atom. The Hall–Kier alpha value is -4.12. The van der Waals surface area contributed by atoms with E-state index >= 15 is 0 Å². The first-order valence-electron chi connectivity index (χ1n) is 11.3. The number of aliphatic hydroxyl groups excluding tert-OH is 2. The van der Waals surface area contributed by atoms with Crippen molar-refractivity contribution >= 4 is 11.7 Å². The van der Waals surface area contributed by atoms with Crippen LogP contribution in [0.2, 0.25) is 0 Å². The number of allylic oxidation sites excluding steroid dienone is 1. The Morgan fingerprint density at radius 1 is 1.06 bits per heavy atom. The molecule has 36 heavy (non-hydrogen) atoms. The number of nitrogens with zero attached hydrogens (tertiary/aromatic N) is 1. The molecule has 3 atom stereocenters. The number of amides is 1. The van der Waals surface area contributed by atoms with Gasteiger partial charge in [-0.3, -0.25) is 23.9 Å². The fraction of sp³-hybridized carbons (Fsp3) is 0.231. The van der Waals surface area contributed by atoms with E-state index in [9.17, 15) is 29.4 Å². The van der Waals surface area contributed by atoms with Crippen LogP contribution in [0.1, 0.15) is 44.5 Å². The van der Waals surface area contributed by atoms with Gasteiger partial charge < -0.3 is 20.3 Å². The highest BCUT2D eigenvalue weighted by atomic mass is 16.5. The van der Waals surface area contributed by atoms with E-state index in [1.54, 1.807) is 54.6 Å². The third-order valence-electron chi connectivity index (χ3n) is 5.85. The monoisotopic (exact) mass is 491 g/mol. The molecule has 0 saturated carbocycles. The van der Waals surface area contributed by atoms with Crippen LogP contribution in [0.25, 0.3) is 0 Å². The van der Waals surface area contributed by atoms with Crippen molar-refractivity contribution < 1.29 is 24.5 Å². The van der Waals surface area contributed by atoms with Crippen molar-refractivity contribution in [1.82, 2.24) is 14.9 Å². The van der Waals surface area contributed by atoms with E-state index in [4.69, 9.17) is 4.74 Å². The summed E-state index contributed by atoms with van der Waals surface area (Å²) in [4.78, 5) is 51.5. The van der Waals surface area contributed by atoms with Gasteiger partial charge in [-0.25, -0.2) is 4.79 Å². The summed E-state index contributed by atoms with van der Waals surface area (Å²) in [5.41, 5.74) is 0.351. The number of aromatic amines is 1. The van der Waals surface area contributed by atoms with Crippen LogP contribution in [0.15, 0.2) is 82.7 Å². The average Bonchev–Trinajstić information content (AvgIpc) is 3.27. The molecular weight excluding hydrogens is 466 g/mol. The minimum absolute atomic E-state index is 0.0955. The SMILES string of the molecule is O=C(NC=CCc1cn([C@H]2C[C@H](O)[C@@H](CO)O2)c(=O)[nH]c1=O)c1ccc(C(=O)c2ccccc2)cc1. The second kappa shape index (κ2) is 11.1. The summed E-state index contributed by atoms with van der Waals surface area (Å²) in [5, 5.41) is 21.7. The van der Waals surface area contributed by atoms with Gasteiger partial charge in [0, 0.05) is 41.1 Å². The molecule has 0 radical (unpaired) electrons. The molecule has 0 aliphatic carbocycles. The summed E-state index contributed by atoms with van der Waals surface area (Å²) in [6.07, 6.45) is 1.93. The number of hydrogen-bond donors (Lipinski definition) is 4. The maximum Gasteiger partial charge on any atom is 0.330 e. The Morgan fingerprint density at radius 2 is 1.72 bits per heavy atom. The fourth-order valence-electron chi connectivity index (χ4n) is 3.87. The highest BCUT2D eigenvalue weighted by molar-refractivity contribution is 6.09. The van der Waals surface area contributed by atoms with Crippen molar-refractivity contribution in [3.8, 4) is 0 Å². The predicted molar refractivity (Wildman–Crippen MR) is 130 cm³/mol. The van der Waals surface area contributed by atoms with Crippen LogP contribution >= 0.6 is 0 Å². The quantitative estimate of drug-likeness (QED) is 0.342. The van der Waals surface area contributed by atoms with Crippen LogP contribution in [0, 0.1) is 0 Å². The van der Waals surface area contributed by atoms with E-state index in [-0.39, 0.29) is 24.2 Å². The summed E-state index contributed by atoms with van der Waals surface area (Å²) < 4.78 is 6.65. The van der Waals surface area contributed by atoms with Crippen LogP contribution < -0.4 is 16.6 Å². The zero-order valence-electron chi connectivity index (χ0n) is 19.2. The molecule has 10 heteroatoms. The molecular formula is C26H25N3O7. The first kappa shape index (κ1) is 25.0. The van der Waals surface area contributed by atoms with Crippen LogP contribution in [-0.4, -0.2) is 50.3 Å². The maximum absolute atomic E-state index is 12.5. The molecule has 0 bridgehead atoms. The van der Waals surface area contributed by atoms with Gasteiger partial charge in [-0.1, -0.05) is 48.5 Å². The summed E-state index contributed by atoms with van der Waals surface area (Å²) >= 11 is 0. The number of ether oxygens (including phenoxy) is 1. The molecule has 0 unspecified atom stereocenters. The number of hydrogen-bond acceptors (Lipinski definition) is 7. The molecule has 1 aliphatic rings. The largest absolute Gasteiger partial charge is 0.394 e. The molecule has 1 fully saturated rings. The molecule has 4 rings (SSSR count). The van der Waals surface area contributed by atoms with Gasteiger partial charge in [0.1, 0.15) is 12.3 Å².